The number of nitrogens with one attached hydrogen (secondary N) is 1. The van der Waals surface area contributed by atoms with E-state index in [-0.39, 0.29) is 11.1 Å². The van der Waals surface area contributed by atoms with Crippen LogP contribution in [-0.2, 0) is 6.54 Å². The van der Waals surface area contributed by atoms with Gasteiger partial charge in [-0.25, -0.2) is 0 Å². The average Bonchev–Trinajstić information content (AvgIpc) is 2.37. The van der Waals surface area contributed by atoms with Crippen LogP contribution in [0.1, 0.15) is 39.7 Å². The minimum atomic E-state index is 0.198. The molecular weight excluding hydrogens is 300 g/mol. The first-order valence-corrected chi connectivity index (χ1v) is 7.88. The van der Waals surface area contributed by atoms with E-state index in [2.05, 4.69) is 78.1 Å². The van der Waals surface area contributed by atoms with Crippen LogP contribution < -0.4 is 5.32 Å². The van der Waals surface area contributed by atoms with Crippen LogP contribution >= 0.6 is 15.9 Å². The number of halogens is 1. The largest absolute Gasteiger partial charge is 0.309 e. The summed E-state index contributed by atoms with van der Waals surface area (Å²) in [4.78, 5) is 2.63. The lowest BCUT2D eigenvalue weighted by atomic mass is 9.87. The molecule has 1 unspecified atom stereocenters. The second-order valence-corrected chi connectivity index (χ2v) is 7.49. The molecule has 2 nitrogen and oxygen atoms in total. The molecule has 3 heteroatoms. The molecule has 106 valence electrons. The first-order valence-electron chi connectivity index (χ1n) is 7.09. The van der Waals surface area contributed by atoms with Crippen molar-refractivity contribution in [2.75, 3.05) is 13.1 Å². The average molecular weight is 325 g/mol. The molecule has 19 heavy (non-hydrogen) atoms. The van der Waals surface area contributed by atoms with Gasteiger partial charge in [-0.15, -0.1) is 0 Å². The smallest absolute Gasteiger partial charge is 0.0307 e. The Morgan fingerprint density at radius 1 is 1.21 bits per heavy atom. The van der Waals surface area contributed by atoms with Crippen LogP contribution in [0, 0.1) is 0 Å². The van der Waals surface area contributed by atoms with E-state index in [1.807, 2.05) is 0 Å². The first kappa shape index (κ1) is 15.0. The maximum Gasteiger partial charge on any atom is 0.0307 e. The molecule has 1 fully saturated rings. The van der Waals surface area contributed by atoms with Gasteiger partial charge in [-0.3, -0.25) is 4.90 Å². The van der Waals surface area contributed by atoms with Crippen molar-refractivity contribution in [2.45, 2.75) is 51.7 Å². The molecule has 1 N–H and O–H groups in total. The quantitative estimate of drug-likeness (QED) is 0.909. The van der Waals surface area contributed by atoms with Crippen molar-refractivity contribution >= 4 is 15.9 Å². The monoisotopic (exact) mass is 324 g/mol. The van der Waals surface area contributed by atoms with Gasteiger partial charge in [-0.1, -0.05) is 35.0 Å². The molecule has 1 aromatic carbocycles. The summed E-state index contributed by atoms with van der Waals surface area (Å²) in [5, 5.41) is 3.68. The number of nitrogens with zero attached hydrogens (tertiary/aromatic N) is 1. The van der Waals surface area contributed by atoms with Crippen molar-refractivity contribution < 1.29 is 0 Å². The maximum absolute atomic E-state index is 3.68. The number of benzene rings is 1. The summed E-state index contributed by atoms with van der Waals surface area (Å²) in [6, 6.07) is 8.70. The third-order valence-electron chi connectivity index (χ3n) is 4.35. The van der Waals surface area contributed by atoms with E-state index >= 15 is 0 Å². The van der Waals surface area contributed by atoms with Gasteiger partial charge in [0.1, 0.15) is 0 Å². The fourth-order valence-electron chi connectivity index (χ4n) is 2.67. The normalized spacial score (nSPS) is 27.4. The molecule has 0 radical (unpaired) electrons. The summed E-state index contributed by atoms with van der Waals surface area (Å²) in [6.45, 7) is 12.4. The molecule has 0 aromatic heterocycles. The predicted octanol–water partition coefficient (Wildman–Crippen LogP) is 3.80. The third-order valence-corrected chi connectivity index (χ3v) is 4.87. The summed E-state index contributed by atoms with van der Waals surface area (Å²) in [7, 11) is 0. The highest BCUT2D eigenvalue weighted by atomic mass is 79.9. The van der Waals surface area contributed by atoms with Crippen LogP contribution in [-0.4, -0.2) is 29.1 Å². The van der Waals surface area contributed by atoms with Gasteiger partial charge in [-0.05, 0) is 44.9 Å². The Bertz CT molecular complexity index is 427. The van der Waals surface area contributed by atoms with Crippen LogP contribution in [0.15, 0.2) is 28.7 Å². The van der Waals surface area contributed by atoms with Crippen molar-refractivity contribution in [3.63, 3.8) is 0 Å². The van der Waals surface area contributed by atoms with Gasteiger partial charge in [0.15, 0.2) is 0 Å². The summed E-state index contributed by atoms with van der Waals surface area (Å²) >= 11 is 3.50. The Hall–Kier alpha value is -0.380. The van der Waals surface area contributed by atoms with Crippen LogP contribution in [0.4, 0.5) is 0 Å². The molecule has 2 rings (SSSR count). The summed E-state index contributed by atoms with van der Waals surface area (Å²) in [6.07, 6.45) is 1.17. The van der Waals surface area contributed by atoms with Crippen LogP contribution in [0.3, 0.4) is 0 Å². The Balaban J connectivity index is 2.16. The van der Waals surface area contributed by atoms with Gasteiger partial charge < -0.3 is 5.32 Å². The minimum absolute atomic E-state index is 0.198. The Labute approximate surface area is 125 Å². The van der Waals surface area contributed by atoms with Gasteiger partial charge in [0.25, 0.3) is 0 Å². The predicted molar refractivity (Wildman–Crippen MR) is 85.3 cm³/mol. The van der Waals surface area contributed by atoms with Gasteiger partial charge in [0.05, 0.1) is 0 Å². The van der Waals surface area contributed by atoms with Gasteiger partial charge >= 0.3 is 0 Å². The maximum atomic E-state index is 3.68. The summed E-state index contributed by atoms with van der Waals surface area (Å²) < 4.78 is 1.15. The molecule has 1 saturated heterocycles. The van der Waals surface area contributed by atoms with Crippen molar-refractivity contribution in [3.8, 4) is 0 Å². The third kappa shape index (κ3) is 3.59. The van der Waals surface area contributed by atoms with E-state index in [1.54, 1.807) is 0 Å². The molecule has 0 saturated carbocycles. The summed E-state index contributed by atoms with van der Waals surface area (Å²) in [5.41, 5.74) is 1.84. The van der Waals surface area contributed by atoms with E-state index in [0.717, 1.165) is 24.1 Å². The van der Waals surface area contributed by atoms with Gasteiger partial charge in [0.2, 0.25) is 0 Å². The van der Waals surface area contributed by atoms with Crippen LogP contribution in [0.5, 0.6) is 0 Å². The van der Waals surface area contributed by atoms with Crippen LogP contribution in [0.2, 0.25) is 0 Å². The topological polar surface area (TPSA) is 15.3 Å². The molecule has 1 aromatic rings. The highest BCUT2D eigenvalue weighted by molar-refractivity contribution is 9.10. The zero-order valence-corrected chi connectivity index (χ0v) is 14.0. The molecule has 1 atom stereocenters. The summed E-state index contributed by atoms with van der Waals surface area (Å²) in [5.74, 6) is 0. The minimum Gasteiger partial charge on any atom is -0.309 e. The molecule has 1 heterocycles. The van der Waals surface area contributed by atoms with Crippen molar-refractivity contribution in [3.05, 3.63) is 34.3 Å². The standard InChI is InChI=1S/C16H25BrN2/c1-5-16(4)11-18-15(2,3)12-19(16)10-13-6-8-14(17)9-7-13/h6-9,18H,5,10-12H2,1-4H3. The van der Waals surface area contributed by atoms with Crippen molar-refractivity contribution in [1.29, 1.82) is 0 Å². The highest BCUT2D eigenvalue weighted by Crippen LogP contribution is 2.28. The molecule has 1 aliphatic heterocycles. The Morgan fingerprint density at radius 3 is 2.42 bits per heavy atom. The fraction of sp³-hybridized carbons (Fsp3) is 0.625. The van der Waals surface area contributed by atoms with Crippen LogP contribution in [0.25, 0.3) is 0 Å². The molecule has 0 aliphatic carbocycles. The van der Waals surface area contributed by atoms with E-state index in [0.29, 0.717) is 0 Å². The van der Waals surface area contributed by atoms with Gasteiger partial charge in [0, 0.05) is 35.2 Å². The van der Waals surface area contributed by atoms with Gasteiger partial charge in [-0.2, -0.15) is 0 Å². The van der Waals surface area contributed by atoms with E-state index < -0.39 is 0 Å². The van der Waals surface area contributed by atoms with E-state index in [9.17, 15) is 0 Å². The highest BCUT2D eigenvalue weighted by Gasteiger charge is 2.39. The Kier molecular flexibility index (Phi) is 4.38. The first-order chi connectivity index (χ1) is 8.85. The second kappa shape index (κ2) is 5.55. The molecule has 0 bridgehead atoms. The molecule has 1 aliphatic rings. The van der Waals surface area contributed by atoms with E-state index in [1.165, 1.54) is 12.0 Å². The number of piperazine rings is 1. The van der Waals surface area contributed by atoms with Crippen molar-refractivity contribution in [2.24, 2.45) is 0 Å². The molecule has 0 amide bonds. The lowest BCUT2D eigenvalue weighted by molar-refractivity contribution is 0.0175. The lowest BCUT2D eigenvalue weighted by Crippen LogP contribution is -2.66. The second-order valence-electron chi connectivity index (χ2n) is 6.57. The fourth-order valence-corrected chi connectivity index (χ4v) is 2.94. The molecule has 0 spiro atoms. The number of rotatable bonds is 3. The number of hydrogen-bond acceptors (Lipinski definition) is 2. The zero-order valence-electron chi connectivity index (χ0n) is 12.5. The van der Waals surface area contributed by atoms with E-state index in [4.69, 9.17) is 0 Å². The zero-order chi connectivity index (χ0) is 14.1. The Morgan fingerprint density at radius 2 is 1.84 bits per heavy atom. The van der Waals surface area contributed by atoms with Crippen molar-refractivity contribution in [1.82, 2.24) is 10.2 Å². The SMILES string of the molecule is CCC1(C)CNC(C)(C)CN1Cc1ccc(Br)cc1. The number of hydrogen-bond donors (Lipinski definition) is 1. The molecular formula is C16H25BrN2. The lowest BCUT2D eigenvalue weighted by Gasteiger charge is -2.51.